The molecule has 1 aliphatic heterocycles. The standard InChI is InChI=1S/C19H17BrF2N4O3/c1-24-13(20)5-10-16-9(7-23-18(10)24)8-26(19(27)25(16)2)17-14(21)11(28-3)6-12(29-4)15(17)22/h5-7H,8H2,1-4H3. The lowest BCUT2D eigenvalue weighted by atomic mass is 10.1. The van der Waals surface area contributed by atoms with Gasteiger partial charge < -0.3 is 14.0 Å². The molecule has 29 heavy (non-hydrogen) atoms. The lowest BCUT2D eigenvalue weighted by Gasteiger charge is -2.35. The molecule has 0 saturated carbocycles. The highest BCUT2D eigenvalue weighted by atomic mass is 79.9. The predicted molar refractivity (Wildman–Crippen MR) is 108 cm³/mol. The van der Waals surface area contributed by atoms with Crippen molar-refractivity contribution >= 4 is 44.4 Å². The van der Waals surface area contributed by atoms with Crippen LogP contribution in [0.25, 0.3) is 11.0 Å². The molecule has 2 aromatic heterocycles. The van der Waals surface area contributed by atoms with E-state index in [1.54, 1.807) is 13.2 Å². The first-order chi connectivity index (χ1) is 13.8. The summed E-state index contributed by atoms with van der Waals surface area (Å²) in [5.74, 6) is -2.40. The maximum absolute atomic E-state index is 15.0. The van der Waals surface area contributed by atoms with Crippen LogP contribution in [-0.4, -0.2) is 36.8 Å². The van der Waals surface area contributed by atoms with E-state index in [-0.39, 0.29) is 18.0 Å². The van der Waals surface area contributed by atoms with Gasteiger partial charge in [0.25, 0.3) is 0 Å². The Bertz CT molecular complexity index is 1140. The van der Waals surface area contributed by atoms with E-state index in [1.807, 2.05) is 17.7 Å². The van der Waals surface area contributed by atoms with E-state index in [1.165, 1.54) is 19.1 Å². The SMILES string of the molecule is COc1cc(OC)c(F)c(N2Cc3cnc4c(cc(Br)n4C)c3N(C)C2=O)c1F. The van der Waals surface area contributed by atoms with Crippen molar-refractivity contribution in [3.63, 3.8) is 0 Å². The van der Waals surface area contributed by atoms with E-state index in [2.05, 4.69) is 20.9 Å². The number of ether oxygens (including phenoxy) is 2. The molecule has 1 aliphatic rings. The molecule has 0 spiro atoms. The third kappa shape index (κ3) is 2.73. The van der Waals surface area contributed by atoms with Crippen molar-refractivity contribution in [1.82, 2.24) is 9.55 Å². The van der Waals surface area contributed by atoms with Crippen molar-refractivity contribution < 1.29 is 23.0 Å². The van der Waals surface area contributed by atoms with Crippen LogP contribution in [0.5, 0.6) is 11.5 Å². The molecule has 1 aromatic carbocycles. The van der Waals surface area contributed by atoms with E-state index >= 15 is 0 Å². The zero-order valence-electron chi connectivity index (χ0n) is 16.1. The lowest BCUT2D eigenvalue weighted by Crippen LogP contribution is -2.46. The van der Waals surface area contributed by atoms with Crippen LogP contribution in [-0.2, 0) is 13.6 Å². The van der Waals surface area contributed by atoms with Gasteiger partial charge in [-0.15, -0.1) is 0 Å². The molecule has 2 amide bonds. The van der Waals surface area contributed by atoms with Gasteiger partial charge in [-0.25, -0.2) is 18.6 Å². The smallest absolute Gasteiger partial charge is 0.329 e. The highest BCUT2D eigenvalue weighted by Crippen LogP contribution is 2.42. The van der Waals surface area contributed by atoms with Crippen molar-refractivity contribution in [2.75, 3.05) is 31.1 Å². The Kier molecular flexibility index (Phi) is 4.60. The highest BCUT2D eigenvalue weighted by molar-refractivity contribution is 9.10. The number of aromatic nitrogens is 2. The average molecular weight is 467 g/mol. The molecular weight excluding hydrogens is 450 g/mol. The number of hydrogen-bond acceptors (Lipinski definition) is 4. The summed E-state index contributed by atoms with van der Waals surface area (Å²) in [5.41, 5.74) is 1.45. The zero-order chi connectivity index (χ0) is 21.0. The third-order valence-electron chi connectivity index (χ3n) is 5.05. The fourth-order valence-corrected chi connectivity index (χ4v) is 3.97. The van der Waals surface area contributed by atoms with Crippen molar-refractivity contribution in [2.24, 2.45) is 7.05 Å². The summed E-state index contributed by atoms with van der Waals surface area (Å²) in [6, 6.07) is 2.38. The van der Waals surface area contributed by atoms with Gasteiger partial charge in [-0.2, -0.15) is 0 Å². The van der Waals surface area contributed by atoms with Gasteiger partial charge in [-0.3, -0.25) is 9.80 Å². The second kappa shape index (κ2) is 6.87. The molecule has 0 unspecified atom stereocenters. The van der Waals surface area contributed by atoms with E-state index < -0.39 is 23.4 Å². The van der Waals surface area contributed by atoms with Crippen molar-refractivity contribution in [3.05, 3.63) is 40.1 Å². The summed E-state index contributed by atoms with van der Waals surface area (Å²) in [7, 11) is 5.91. The van der Waals surface area contributed by atoms with Gasteiger partial charge in [0.15, 0.2) is 23.1 Å². The number of fused-ring (bicyclic) bond motifs is 3. The minimum Gasteiger partial charge on any atom is -0.493 e. The largest absolute Gasteiger partial charge is 0.493 e. The summed E-state index contributed by atoms with van der Waals surface area (Å²) in [4.78, 5) is 20.0. The second-order valence-corrected chi connectivity index (χ2v) is 7.39. The first-order valence-electron chi connectivity index (χ1n) is 8.58. The topological polar surface area (TPSA) is 59.8 Å². The number of carbonyl (C=O) groups excluding carboxylic acids is 1. The van der Waals surface area contributed by atoms with E-state index in [0.717, 1.165) is 21.0 Å². The van der Waals surface area contributed by atoms with Gasteiger partial charge >= 0.3 is 6.03 Å². The van der Waals surface area contributed by atoms with Gasteiger partial charge in [0.1, 0.15) is 11.3 Å². The van der Waals surface area contributed by atoms with Crippen LogP contribution in [0.1, 0.15) is 5.56 Å². The minimum atomic E-state index is -0.979. The molecule has 0 N–H and O–H groups in total. The molecule has 4 rings (SSSR count). The number of benzene rings is 1. The van der Waals surface area contributed by atoms with Crippen LogP contribution in [0.15, 0.2) is 22.9 Å². The molecule has 152 valence electrons. The highest BCUT2D eigenvalue weighted by Gasteiger charge is 2.36. The fourth-order valence-electron chi connectivity index (χ4n) is 3.58. The number of halogens is 3. The molecule has 0 fully saturated rings. The summed E-state index contributed by atoms with van der Waals surface area (Å²) in [6.45, 7) is -0.0574. The van der Waals surface area contributed by atoms with Crippen LogP contribution < -0.4 is 19.3 Å². The van der Waals surface area contributed by atoms with Gasteiger partial charge in [-0.05, 0) is 22.0 Å². The normalized spacial score (nSPS) is 13.8. The Morgan fingerprint density at radius 2 is 1.69 bits per heavy atom. The quantitative estimate of drug-likeness (QED) is 0.580. The van der Waals surface area contributed by atoms with Gasteiger partial charge in [-0.1, -0.05) is 0 Å². The Balaban J connectivity index is 1.91. The number of amides is 2. The lowest BCUT2D eigenvalue weighted by molar-refractivity contribution is 0.250. The maximum Gasteiger partial charge on any atom is 0.329 e. The number of carbonyl (C=O) groups is 1. The molecule has 0 aliphatic carbocycles. The number of hydrogen-bond donors (Lipinski definition) is 0. The van der Waals surface area contributed by atoms with Crippen molar-refractivity contribution in [3.8, 4) is 11.5 Å². The summed E-state index contributed by atoms with van der Waals surface area (Å²) < 4.78 is 42.5. The Labute approximate surface area is 173 Å². The Morgan fingerprint density at radius 1 is 1.07 bits per heavy atom. The molecule has 3 heterocycles. The number of anilines is 2. The minimum absolute atomic E-state index is 0.0574. The molecule has 0 atom stereocenters. The van der Waals surface area contributed by atoms with Crippen LogP contribution in [0.4, 0.5) is 25.0 Å². The van der Waals surface area contributed by atoms with Crippen LogP contribution >= 0.6 is 15.9 Å². The fraction of sp³-hybridized carbons (Fsp3) is 0.263. The third-order valence-corrected chi connectivity index (χ3v) is 5.81. The average Bonchev–Trinajstić information content (AvgIpc) is 2.99. The number of urea groups is 1. The number of nitrogens with zero attached hydrogens (tertiary/aromatic N) is 4. The maximum atomic E-state index is 15.0. The Hall–Kier alpha value is -2.88. The predicted octanol–water partition coefficient (Wildman–Crippen LogP) is 4.21. The number of aryl methyl sites for hydroxylation is 1. The van der Waals surface area contributed by atoms with Gasteiger partial charge in [0.2, 0.25) is 0 Å². The van der Waals surface area contributed by atoms with Crippen LogP contribution in [0, 0.1) is 11.6 Å². The van der Waals surface area contributed by atoms with Crippen molar-refractivity contribution in [1.29, 1.82) is 0 Å². The molecule has 7 nitrogen and oxygen atoms in total. The summed E-state index contributed by atoms with van der Waals surface area (Å²) in [5, 5.41) is 0.761. The van der Waals surface area contributed by atoms with Gasteiger partial charge in [0.05, 0.1) is 31.1 Å². The number of pyridine rings is 1. The first-order valence-corrected chi connectivity index (χ1v) is 9.37. The van der Waals surface area contributed by atoms with Crippen molar-refractivity contribution in [2.45, 2.75) is 6.54 Å². The van der Waals surface area contributed by atoms with Crippen LogP contribution in [0.3, 0.4) is 0 Å². The van der Waals surface area contributed by atoms with E-state index in [9.17, 15) is 13.6 Å². The van der Waals surface area contributed by atoms with Gasteiger partial charge in [0, 0.05) is 37.3 Å². The summed E-state index contributed by atoms with van der Waals surface area (Å²) >= 11 is 3.45. The monoisotopic (exact) mass is 466 g/mol. The molecular formula is C19H17BrF2N4O3. The van der Waals surface area contributed by atoms with E-state index in [4.69, 9.17) is 9.47 Å². The number of methoxy groups -OCH3 is 2. The molecule has 10 heteroatoms. The molecule has 0 bridgehead atoms. The zero-order valence-corrected chi connectivity index (χ0v) is 17.7. The van der Waals surface area contributed by atoms with Crippen LogP contribution in [0.2, 0.25) is 0 Å². The summed E-state index contributed by atoms with van der Waals surface area (Å²) in [6.07, 6.45) is 1.60. The number of rotatable bonds is 3. The molecule has 0 saturated heterocycles. The molecule has 3 aromatic rings. The second-order valence-electron chi connectivity index (χ2n) is 6.58. The Morgan fingerprint density at radius 3 is 2.28 bits per heavy atom. The molecule has 0 radical (unpaired) electrons. The van der Waals surface area contributed by atoms with E-state index in [0.29, 0.717) is 16.9 Å². The first kappa shape index (κ1) is 19.4.